The van der Waals surface area contributed by atoms with Crippen molar-refractivity contribution in [1.82, 2.24) is 14.7 Å². The van der Waals surface area contributed by atoms with Gasteiger partial charge < -0.3 is 20.3 Å². The molecule has 1 heterocycles. The van der Waals surface area contributed by atoms with Crippen molar-refractivity contribution in [2.75, 3.05) is 19.9 Å². The van der Waals surface area contributed by atoms with Crippen molar-refractivity contribution < 1.29 is 32.6 Å². The van der Waals surface area contributed by atoms with Crippen LogP contribution in [0, 0.1) is 11.3 Å². The van der Waals surface area contributed by atoms with Gasteiger partial charge in [0.1, 0.15) is 0 Å². The van der Waals surface area contributed by atoms with Crippen LogP contribution in [0.2, 0.25) is 0 Å². The molecule has 0 aliphatic carbocycles. The van der Waals surface area contributed by atoms with Crippen molar-refractivity contribution in [2.45, 2.75) is 77.5 Å². The van der Waals surface area contributed by atoms with Gasteiger partial charge in [0.25, 0.3) is 5.91 Å². The van der Waals surface area contributed by atoms with Gasteiger partial charge in [0.15, 0.2) is 11.5 Å². The van der Waals surface area contributed by atoms with E-state index in [1.807, 2.05) is 65.0 Å². The maximum Gasteiger partial charge on any atom is 0.255 e. The van der Waals surface area contributed by atoms with Gasteiger partial charge in [0, 0.05) is 25.6 Å². The van der Waals surface area contributed by atoms with Crippen LogP contribution < -0.4 is 20.6 Å². The number of carbonyl (C=O) groups is 2. The Morgan fingerprint density at radius 3 is 2.26 bits per heavy atom. The predicted molar refractivity (Wildman–Crippen MR) is 159 cm³/mol. The number of hydrogen-bond acceptors (Lipinski definition) is 8. The van der Waals surface area contributed by atoms with Gasteiger partial charge in [-0.15, -0.1) is 0 Å². The van der Waals surface area contributed by atoms with Gasteiger partial charge in [-0.25, -0.2) is 13.4 Å². The number of nitrogens with one attached hydrogen (secondary N) is 1. The number of fused-ring (bicyclic) bond motifs is 1. The number of sulfonamides is 1. The highest BCUT2D eigenvalue weighted by molar-refractivity contribution is 7.89. The van der Waals surface area contributed by atoms with Gasteiger partial charge in [-0.2, -0.15) is 4.31 Å². The Balaban J connectivity index is 2.02. The number of ether oxygens (including phenoxy) is 2. The molecule has 0 radical (unpaired) electrons. The SMILES string of the molecule is CC(C)CN(C[C@@H](O)C(Cc1ccccc1)N(NC(=O)[C@@H](C)N)C(=O)CC(C)(C)C)S(=O)(=O)c1ccc2c(c1)OCO2. The zero-order chi connectivity index (χ0) is 31.2. The number of hydrogen-bond donors (Lipinski definition) is 3. The van der Waals surface area contributed by atoms with Gasteiger partial charge in [0.2, 0.25) is 22.7 Å². The van der Waals surface area contributed by atoms with Crippen molar-refractivity contribution in [3.05, 3.63) is 54.1 Å². The average molecular weight is 605 g/mol. The molecule has 2 amide bonds. The molecule has 0 aromatic heterocycles. The lowest BCUT2D eigenvalue weighted by molar-refractivity contribution is -0.149. The fourth-order valence-corrected chi connectivity index (χ4v) is 6.18. The molecule has 3 rings (SSSR count). The minimum absolute atomic E-state index is 0.0000108. The summed E-state index contributed by atoms with van der Waals surface area (Å²) in [4.78, 5) is 26.4. The highest BCUT2D eigenvalue weighted by Gasteiger charge is 2.37. The molecule has 12 heteroatoms. The highest BCUT2D eigenvalue weighted by Crippen LogP contribution is 2.35. The third-order valence-corrected chi connectivity index (χ3v) is 8.43. The number of amides is 2. The Morgan fingerprint density at radius 2 is 1.67 bits per heavy atom. The second-order valence-corrected chi connectivity index (χ2v) is 14.3. The van der Waals surface area contributed by atoms with Gasteiger partial charge in [0.05, 0.1) is 23.1 Å². The molecule has 42 heavy (non-hydrogen) atoms. The molecule has 0 saturated heterocycles. The zero-order valence-electron chi connectivity index (χ0n) is 25.2. The topological polar surface area (TPSA) is 151 Å². The van der Waals surface area contributed by atoms with Crippen molar-refractivity contribution in [1.29, 1.82) is 0 Å². The van der Waals surface area contributed by atoms with Gasteiger partial charge in [-0.05, 0) is 42.4 Å². The van der Waals surface area contributed by atoms with Crippen LogP contribution in [0.3, 0.4) is 0 Å². The molecule has 0 fully saturated rings. The molecule has 3 atom stereocenters. The summed E-state index contributed by atoms with van der Waals surface area (Å²) in [5.74, 6) is -0.337. The van der Waals surface area contributed by atoms with Crippen molar-refractivity contribution in [3.8, 4) is 11.5 Å². The fraction of sp³-hybridized carbons (Fsp3) is 0.533. The smallest absolute Gasteiger partial charge is 0.255 e. The quantitative estimate of drug-likeness (QED) is 0.313. The monoisotopic (exact) mass is 604 g/mol. The molecule has 0 saturated carbocycles. The van der Waals surface area contributed by atoms with Crippen LogP contribution in [0.1, 0.15) is 53.5 Å². The number of aliphatic hydroxyl groups is 1. The van der Waals surface area contributed by atoms with Gasteiger partial charge in [-0.1, -0.05) is 65.0 Å². The number of aliphatic hydroxyl groups excluding tert-OH is 1. The van der Waals surface area contributed by atoms with Crippen LogP contribution in [0.5, 0.6) is 11.5 Å². The van der Waals surface area contributed by atoms with Crippen LogP contribution in [0.4, 0.5) is 0 Å². The number of benzene rings is 2. The second-order valence-electron chi connectivity index (χ2n) is 12.3. The lowest BCUT2D eigenvalue weighted by atomic mass is 9.91. The van der Waals surface area contributed by atoms with E-state index in [0.717, 1.165) is 10.6 Å². The summed E-state index contributed by atoms with van der Waals surface area (Å²) in [6.07, 6.45) is -1.17. The van der Waals surface area contributed by atoms with Crippen LogP contribution in [0.25, 0.3) is 0 Å². The van der Waals surface area contributed by atoms with Crippen LogP contribution in [0.15, 0.2) is 53.4 Å². The first-order valence-electron chi connectivity index (χ1n) is 14.1. The Morgan fingerprint density at radius 1 is 1.02 bits per heavy atom. The molecule has 1 unspecified atom stereocenters. The first kappa shape index (κ1) is 33.3. The molecule has 2 aromatic carbocycles. The lowest BCUT2D eigenvalue weighted by Gasteiger charge is -2.38. The third-order valence-electron chi connectivity index (χ3n) is 6.60. The molecular weight excluding hydrogens is 560 g/mol. The summed E-state index contributed by atoms with van der Waals surface area (Å²) in [5.41, 5.74) is 8.79. The summed E-state index contributed by atoms with van der Waals surface area (Å²) >= 11 is 0. The average Bonchev–Trinajstić information content (AvgIpc) is 3.37. The van der Waals surface area contributed by atoms with E-state index in [2.05, 4.69) is 5.43 Å². The van der Waals surface area contributed by atoms with Crippen LogP contribution in [-0.2, 0) is 26.0 Å². The van der Waals surface area contributed by atoms with Crippen LogP contribution >= 0.6 is 0 Å². The molecule has 1 aliphatic rings. The fourth-order valence-electron chi connectivity index (χ4n) is 4.54. The molecule has 0 bridgehead atoms. The summed E-state index contributed by atoms with van der Waals surface area (Å²) < 4.78 is 39.7. The van der Waals surface area contributed by atoms with E-state index in [1.165, 1.54) is 29.4 Å². The van der Waals surface area contributed by atoms with E-state index < -0.39 is 45.4 Å². The molecule has 2 aromatic rings. The highest BCUT2D eigenvalue weighted by atomic mass is 32.2. The number of carbonyl (C=O) groups excluding carboxylic acids is 2. The second kappa shape index (κ2) is 13.9. The molecule has 4 N–H and O–H groups in total. The summed E-state index contributed by atoms with van der Waals surface area (Å²) in [6, 6.07) is 11.6. The van der Waals surface area contributed by atoms with E-state index in [-0.39, 0.29) is 43.5 Å². The Kier molecular flexibility index (Phi) is 11.0. The summed E-state index contributed by atoms with van der Waals surface area (Å²) in [6.45, 7) is 10.7. The van der Waals surface area contributed by atoms with Crippen molar-refractivity contribution in [2.24, 2.45) is 17.1 Å². The number of nitrogens with zero attached hydrogens (tertiary/aromatic N) is 2. The number of rotatable bonds is 12. The number of hydrazine groups is 1. The minimum atomic E-state index is -4.10. The Hall–Kier alpha value is -3.19. The maximum absolute atomic E-state index is 13.9. The largest absolute Gasteiger partial charge is 0.454 e. The molecule has 232 valence electrons. The van der Waals surface area contributed by atoms with Gasteiger partial charge in [-0.3, -0.25) is 15.0 Å². The third kappa shape index (κ3) is 8.90. The molecule has 11 nitrogen and oxygen atoms in total. The standard InChI is InChI=1S/C30H44N4O7S/c1-20(2)17-33(42(38,39)23-12-13-26-27(15-23)41-19-40-26)18-25(35)24(14-22-10-8-7-9-11-22)34(32-29(37)21(3)31)28(36)16-30(4,5)6/h7-13,15,20-21,24-25,35H,14,16-19,31H2,1-6H3,(H,32,37)/t21-,24?,25-/m1/s1. The first-order chi connectivity index (χ1) is 19.6. The first-order valence-corrected chi connectivity index (χ1v) is 15.5. The summed E-state index contributed by atoms with van der Waals surface area (Å²) in [5, 5.41) is 12.9. The molecule has 1 aliphatic heterocycles. The summed E-state index contributed by atoms with van der Waals surface area (Å²) in [7, 11) is -4.10. The Labute approximate surface area is 249 Å². The molecule has 0 spiro atoms. The van der Waals surface area contributed by atoms with Gasteiger partial charge >= 0.3 is 0 Å². The Bertz CT molecular complexity index is 1330. The van der Waals surface area contributed by atoms with E-state index >= 15 is 0 Å². The minimum Gasteiger partial charge on any atom is -0.454 e. The van der Waals surface area contributed by atoms with E-state index in [9.17, 15) is 23.1 Å². The number of nitrogens with two attached hydrogens (primary N) is 1. The van der Waals surface area contributed by atoms with E-state index in [1.54, 1.807) is 0 Å². The molecular formula is C30H44N4O7S. The zero-order valence-corrected chi connectivity index (χ0v) is 26.1. The lowest BCUT2D eigenvalue weighted by Crippen LogP contribution is -2.61. The van der Waals surface area contributed by atoms with E-state index in [4.69, 9.17) is 15.2 Å². The van der Waals surface area contributed by atoms with E-state index in [0.29, 0.717) is 11.5 Å². The van der Waals surface area contributed by atoms with Crippen molar-refractivity contribution in [3.63, 3.8) is 0 Å². The maximum atomic E-state index is 13.9. The normalized spacial score (nSPS) is 15.4. The van der Waals surface area contributed by atoms with Crippen molar-refractivity contribution >= 4 is 21.8 Å². The van der Waals surface area contributed by atoms with Crippen LogP contribution in [-0.4, -0.2) is 72.7 Å². The predicted octanol–water partition coefficient (Wildman–Crippen LogP) is 2.68.